The molecule has 1 atom stereocenters. The van der Waals surface area contributed by atoms with Gasteiger partial charge < -0.3 is 10.1 Å². The largest absolute Gasteiger partial charge is 0.497 e. The standard InChI is InChI=1S/C22H24N2O/c1-16-7-6-8-17(2)20(16)15-24-22(21-9-4-5-14-23-21)18-10-12-19(25-3)13-11-18/h4-14,22,24H,15H2,1-3H3. The molecule has 0 radical (unpaired) electrons. The smallest absolute Gasteiger partial charge is 0.118 e. The Balaban J connectivity index is 1.89. The molecule has 0 saturated heterocycles. The zero-order chi connectivity index (χ0) is 17.6. The van der Waals surface area contributed by atoms with Crippen molar-refractivity contribution in [3.05, 3.63) is 94.8 Å². The van der Waals surface area contributed by atoms with Crippen LogP contribution in [0.4, 0.5) is 0 Å². The summed E-state index contributed by atoms with van der Waals surface area (Å²) in [7, 11) is 1.68. The fourth-order valence-electron chi connectivity index (χ4n) is 3.07. The van der Waals surface area contributed by atoms with Crippen molar-refractivity contribution in [2.45, 2.75) is 26.4 Å². The highest BCUT2D eigenvalue weighted by atomic mass is 16.5. The average molecular weight is 332 g/mol. The van der Waals surface area contributed by atoms with E-state index in [-0.39, 0.29) is 6.04 Å². The molecule has 1 heterocycles. The Bertz CT molecular complexity index is 793. The van der Waals surface area contributed by atoms with E-state index in [1.807, 2.05) is 30.5 Å². The molecule has 3 heteroatoms. The van der Waals surface area contributed by atoms with Crippen molar-refractivity contribution in [3.8, 4) is 5.75 Å². The maximum absolute atomic E-state index is 5.28. The van der Waals surface area contributed by atoms with Gasteiger partial charge in [0.25, 0.3) is 0 Å². The van der Waals surface area contributed by atoms with E-state index in [1.165, 1.54) is 22.3 Å². The summed E-state index contributed by atoms with van der Waals surface area (Å²) in [5, 5.41) is 3.68. The third-order valence-electron chi connectivity index (χ3n) is 4.56. The number of nitrogens with one attached hydrogen (secondary N) is 1. The number of benzene rings is 2. The van der Waals surface area contributed by atoms with Crippen molar-refractivity contribution < 1.29 is 4.74 Å². The molecule has 1 unspecified atom stereocenters. The van der Waals surface area contributed by atoms with E-state index in [0.29, 0.717) is 0 Å². The van der Waals surface area contributed by atoms with E-state index in [4.69, 9.17) is 4.74 Å². The lowest BCUT2D eigenvalue weighted by molar-refractivity contribution is 0.414. The molecule has 25 heavy (non-hydrogen) atoms. The van der Waals surface area contributed by atoms with Crippen molar-refractivity contribution in [2.75, 3.05) is 7.11 Å². The van der Waals surface area contributed by atoms with Gasteiger partial charge in [0, 0.05) is 12.7 Å². The summed E-state index contributed by atoms with van der Waals surface area (Å²) in [6.45, 7) is 5.12. The third-order valence-corrected chi connectivity index (χ3v) is 4.56. The first-order chi connectivity index (χ1) is 12.2. The Labute approximate surface area is 149 Å². The van der Waals surface area contributed by atoms with Gasteiger partial charge in [0.1, 0.15) is 5.75 Å². The van der Waals surface area contributed by atoms with E-state index in [2.05, 4.69) is 60.5 Å². The number of ether oxygens (including phenoxy) is 1. The first-order valence-corrected chi connectivity index (χ1v) is 8.52. The van der Waals surface area contributed by atoms with Crippen LogP contribution in [0.25, 0.3) is 0 Å². The summed E-state index contributed by atoms with van der Waals surface area (Å²) >= 11 is 0. The third kappa shape index (κ3) is 4.06. The minimum absolute atomic E-state index is 0.0334. The quantitative estimate of drug-likeness (QED) is 0.717. The predicted molar refractivity (Wildman–Crippen MR) is 102 cm³/mol. The van der Waals surface area contributed by atoms with Crippen LogP contribution in [0.15, 0.2) is 66.9 Å². The zero-order valence-electron chi connectivity index (χ0n) is 15.0. The van der Waals surface area contributed by atoms with E-state index < -0.39 is 0 Å². The van der Waals surface area contributed by atoms with Gasteiger partial charge in [0.15, 0.2) is 0 Å². The Kier molecular flexibility index (Phi) is 5.46. The molecule has 1 N–H and O–H groups in total. The first kappa shape index (κ1) is 17.2. The van der Waals surface area contributed by atoms with E-state index in [0.717, 1.165) is 18.0 Å². The fraction of sp³-hybridized carbons (Fsp3) is 0.227. The average Bonchev–Trinajstić information content (AvgIpc) is 2.65. The number of aryl methyl sites for hydroxylation is 2. The molecule has 0 saturated carbocycles. The van der Waals surface area contributed by atoms with Gasteiger partial charge in [-0.1, -0.05) is 36.4 Å². The normalized spacial score (nSPS) is 12.0. The molecule has 0 aliphatic rings. The number of aromatic nitrogens is 1. The number of rotatable bonds is 6. The highest BCUT2D eigenvalue weighted by Gasteiger charge is 2.16. The van der Waals surface area contributed by atoms with Crippen LogP contribution in [-0.2, 0) is 6.54 Å². The predicted octanol–water partition coefficient (Wildman–Crippen LogP) is 4.59. The molecule has 0 bridgehead atoms. The van der Waals surface area contributed by atoms with Gasteiger partial charge in [-0.25, -0.2) is 0 Å². The van der Waals surface area contributed by atoms with Crippen molar-refractivity contribution in [3.63, 3.8) is 0 Å². The van der Waals surface area contributed by atoms with Gasteiger partial charge in [0.05, 0.1) is 18.8 Å². The second-order valence-corrected chi connectivity index (χ2v) is 6.21. The van der Waals surface area contributed by atoms with Gasteiger partial charge >= 0.3 is 0 Å². The summed E-state index contributed by atoms with van der Waals surface area (Å²) in [6.07, 6.45) is 1.84. The van der Waals surface area contributed by atoms with Crippen molar-refractivity contribution in [1.29, 1.82) is 0 Å². The Morgan fingerprint density at radius 2 is 1.64 bits per heavy atom. The van der Waals surface area contributed by atoms with Gasteiger partial charge in [-0.3, -0.25) is 4.98 Å². The van der Waals surface area contributed by atoms with Crippen LogP contribution in [0.3, 0.4) is 0 Å². The molecule has 0 aliphatic heterocycles. The molecule has 3 nitrogen and oxygen atoms in total. The summed E-state index contributed by atoms with van der Waals surface area (Å²) in [4.78, 5) is 4.56. The molecule has 2 aromatic carbocycles. The minimum Gasteiger partial charge on any atom is -0.497 e. The number of pyridine rings is 1. The van der Waals surface area contributed by atoms with Crippen LogP contribution in [0, 0.1) is 13.8 Å². The van der Waals surface area contributed by atoms with Gasteiger partial charge in [-0.05, 0) is 60.4 Å². The summed E-state index contributed by atoms with van der Waals surface area (Å²) in [5.41, 5.74) is 6.14. The van der Waals surface area contributed by atoms with Gasteiger partial charge in [-0.15, -0.1) is 0 Å². The molecule has 0 spiro atoms. The van der Waals surface area contributed by atoms with Gasteiger partial charge in [-0.2, -0.15) is 0 Å². The molecular formula is C22H24N2O. The maximum Gasteiger partial charge on any atom is 0.118 e. The Morgan fingerprint density at radius 1 is 0.920 bits per heavy atom. The van der Waals surface area contributed by atoms with E-state index >= 15 is 0 Å². The SMILES string of the molecule is COc1ccc(C(NCc2c(C)cccc2C)c2ccccn2)cc1. The summed E-state index contributed by atoms with van der Waals surface area (Å²) < 4.78 is 5.28. The lowest BCUT2D eigenvalue weighted by Crippen LogP contribution is -2.23. The Morgan fingerprint density at radius 3 is 2.24 bits per heavy atom. The van der Waals surface area contributed by atoms with Crippen LogP contribution in [0.5, 0.6) is 5.75 Å². The number of hydrogen-bond donors (Lipinski definition) is 1. The number of methoxy groups -OCH3 is 1. The van der Waals surface area contributed by atoms with Crippen LogP contribution in [-0.4, -0.2) is 12.1 Å². The second-order valence-electron chi connectivity index (χ2n) is 6.21. The minimum atomic E-state index is 0.0334. The summed E-state index contributed by atoms with van der Waals surface area (Å²) in [5.74, 6) is 0.860. The maximum atomic E-state index is 5.28. The van der Waals surface area contributed by atoms with Gasteiger partial charge in [0.2, 0.25) is 0 Å². The second kappa shape index (κ2) is 7.95. The topological polar surface area (TPSA) is 34.1 Å². The number of hydrogen-bond acceptors (Lipinski definition) is 3. The fourth-order valence-corrected chi connectivity index (χ4v) is 3.07. The highest BCUT2D eigenvalue weighted by Crippen LogP contribution is 2.24. The molecule has 3 rings (SSSR count). The molecule has 0 fully saturated rings. The van der Waals surface area contributed by atoms with Crippen LogP contribution >= 0.6 is 0 Å². The molecule has 128 valence electrons. The molecule has 0 amide bonds. The van der Waals surface area contributed by atoms with Crippen LogP contribution < -0.4 is 10.1 Å². The first-order valence-electron chi connectivity index (χ1n) is 8.52. The summed E-state index contributed by atoms with van der Waals surface area (Å²) in [6, 6.07) is 20.7. The molecule has 3 aromatic rings. The lowest BCUT2D eigenvalue weighted by Gasteiger charge is -2.21. The van der Waals surface area contributed by atoms with Crippen LogP contribution in [0.2, 0.25) is 0 Å². The highest BCUT2D eigenvalue weighted by molar-refractivity contribution is 5.36. The van der Waals surface area contributed by atoms with Crippen molar-refractivity contribution in [2.24, 2.45) is 0 Å². The number of nitrogens with zero attached hydrogens (tertiary/aromatic N) is 1. The lowest BCUT2D eigenvalue weighted by atomic mass is 10.00. The monoisotopic (exact) mass is 332 g/mol. The van der Waals surface area contributed by atoms with E-state index in [1.54, 1.807) is 7.11 Å². The Hall–Kier alpha value is -2.65. The zero-order valence-corrected chi connectivity index (χ0v) is 15.0. The van der Waals surface area contributed by atoms with Crippen molar-refractivity contribution >= 4 is 0 Å². The molecular weight excluding hydrogens is 308 g/mol. The van der Waals surface area contributed by atoms with E-state index in [9.17, 15) is 0 Å². The van der Waals surface area contributed by atoms with Crippen LogP contribution in [0.1, 0.15) is 34.0 Å². The van der Waals surface area contributed by atoms with Crippen molar-refractivity contribution in [1.82, 2.24) is 10.3 Å². The molecule has 0 aliphatic carbocycles. The molecule has 1 aromatic heterocycles.